The summed E-state index contributed by atoms with van der Waals surface area (Å²) in [6.45, 7) is 5.40. The lowest BCUT2D eigenvalue weighted by Crippen LogP contribution is -2.35. The van der Waals surface area contributed by atoms with Gasteiger partial charge in [0.1, 0.15) is 0 Å². The van der Waals surface area contributed by atoms with Crippen LogP contribution >= 0.6 is 22.9 Å². The highest BCUT2D eigenvalue weighted by atomic mass is 35.5. The smallest absolute Gasteiger partial charge is 0.224 e. The van der Waals surface area contributed by atoms with Crippen LogP contribution in [0.1, 0.15) is 38.0 Å². The second-order valence-corrected chi connectivity index (χ2v) is 6.17. The van der Waals surface area contributed by atoms with Gasteiger partial charge in [-0.15, -0.1) is 11.3 Å². The van der Waals surface area contributed by atoms with E-state index in [-0.39, 0.29) is 11.9 Å². The number of amides is 1. The third-order valence-electron chi connectivity index (χ3n) is 2.81. The second kappa shape index (κ2) is 7.77. The highest BCUT2D eigenvalue weighted by molar-refractivity contribution is 7.16. The minimum atomic E-state index is -0.0246. The van der Waals surface area contributed by atoms with Gasteiger partial charge in [0.25, 0.3) is 0 Å². The standard InChI is InChI=1S/C13H21ClN2OS/c1-3-5-10(15)8-13(17)16(4-2)9-11-6-7-12(14)18-11/h6-7,10H,3-5,8-9,15H2,1-2H3. The van der Waals surface area contributed by atoms with Crippen LogP contribution < -0.4 is 5.73 Å². The predicted octanol–water partition coefficient (Wildman–Crippen LogP) is 3.27. The van der Waals surface area contributed by atoms with Crippen LogP contribution in [0, 0.1) is 0 Å². The monoisotopic (exact) mass is 288 g/mol. The lowest BCUT2D eigenvalue weighted by atomic mass is 10.1. The summed E-state index contributed by atoms with van der Waals surface area (Å²) >= 11 is 7.41. The van der Waals surface area contributed by atoms with E-state index in [1.165, 1.54) is 11.3 Å². The van der Waals surface area contributed by atoms with Crippen molar-refractivity contribution in [2.75, 3.05) is 6.54 Å². The molecule has 0 aromatic carbocycles. The first-order chi connectivity index (χ1) is 8.56. The van der Waals surface area contributed by atoms with Crippen molar-refractivity contribution in [1.29, 1.82) is 0 Å². The molecule has 102 valence electrons. The summed E-state index contributed by atoms with van der Waals surface area (Å²) in [6.07, 6.45) is 2.34. The first-order valence-corrected chi connectivity index (χ1v) is 7.53. The third-order valence-corrected chi connectivity index (χ3v) is 4.02. The molecule has 0 aliphatic heterocycles. The van der Waals surface area contributed by atoms with E-state index in [1.807, 2.05) is 24.0 Å². The fraction of sp³-hybridized carbons (Fsp3) is 0.615. The molecule has 1 aromatic heterocycles. The summed E-state index contributed by atoms with van der Waals surface area (Å²) in [5.74, 6) is 0.128. The topological polar surface area (TPSA) is 46.3 Å². The Labute approximate surface area is 118 Å². The summed E-state index contributed by atoms with van der Waals surface area (Å²) in [7, 11) is 0. The van der Waals surface area contributed by atoms with Crippen LogP contribution in [-0.4, -0.2) is 23.4 Å². The molecule has 0 saturated carbocycles. The van der Waals surface area contributed by atoms with E-state index >= 15 is 0 Å². The lowest BCUT2D eigenvalue weighted by Gasteiger charge is -2.22. The van der Waals surface area contributed by atoms with E-state index in [0.29, 0.717) is 19.5 Å². The molecule has 0 saturated heterocycles. The van der Waals surface area contributed by atoms with Crippen LogP contribution in [-0.2, 0) is 11.3 Å². The number of hydrogen-bond acceptors (Lipinski definition) is 3. The van der Waals surface area contributed by atoms with E-state index < -0.39 is 0 Å². The number of rotatable bonds is 7. The molecule has 3 nitrogen and oxygen atoms in total. The molecule has 1 aromatic rings. The number of halogens is 1. The third kappa shape index (κ3) is 4.96. The zero-order chi connectivity index (χ0) is 13.5. The maximum absolute atomic E-state index is 12.1. The molecule has 0 radical (unpaired) electrons. The maximum atomic E-state index is 12.1. The minimum Gasteiger partial charge on any atom is -0.338 e. The highest BCUT2D eigenvalue weighted by Crippen LogP contribution is 2.23. The van der Waals surface area contributed by atoms with Crippen LogP contribution in [0.25, 0.3) is 0 Å². The van der Waals surface area contributed by atoms with Gasteiger partial charge in [0.15, 0.2) is 0 Å². The Morgan fingerprint density at radius 2 is 2.22 bits per heavy atom. The van der Waals surface area contributed by atoms with Crippen molar-refractivity contribution in [3.05, 3.63) is 21.3 Å². The molecule has 1 unspecified atom stereocenters. The molecule has 1 rings (SSSR count). The normalized spacial score (nSPS) is 12.4. The average molecular weight is 289 g/mol. The summed E-state index contributed by atoms with van der Waals surface area (Å²) in [5, 5.41) is 0. The van der Waals surface area contributed by atoms with Gasteiger partial charge < -0.3 is 10.6 Å². The quantitative estimate of drug-likeness (QED) is 0.837. The SMILES string of the molecule is CCCC(N)CC(=O)N(CC)Cc1ccc(Cl)s1. The van der Waals surface area contributed by atoms with E-state index in [1.54, 1.807) is 0 Å². The number of carbonyl (C=O) groups is 1. The molecule has 18 heavy (non-hydrogen) atoms. The van der Waals surface area contributed by atoms with Crippen LogP contribution in [0.3, 0.4) is 0 Å². The Hall–Kier alpha value is -0.580. The molecule has 0 fully saturated rings. The second-order valence-electron chi connectivity index (χ2n) is 4.37. The summed E-state index contributed by atoms with van der Waals surface area (Å²) in [6, 6.07) is 3.81. The van der Waals surface area contributed by atoms with Crippen molar-refractivity contribution in [3.8, 4) is 0 Å². The fourth-order valence-electron chi connectivity index (χ4n) is 1.83. The minimum absolute atomic E-state index is 0.0246. The van der Waals surface area contributed by atoms with E-state index in [0.717, 1.165) is 22.1 Å². The van der Waals surface area contributed by atoms with Gasteiger partial charge in [0.05, 0.1) is 10.9 Å². The Kier molecular flexibility index (Phi) is 6.68. The Balaban J connectivity index is 2.52. The largest absolute Gasteiger partial charge is 0.338 e. The van der Waals surface area contributed by atoms with Crippen molar-refractivity contribution >= 4 is 28.8 Å². The molecular formula is C13H21ClN2OS. The van der Waals surface area contributed by atoms with Crippen molar-refractivity contribution in [2.24, 2.45) is 5.73 Å². The predicted molar refractivity (Wildman–Crippen MR) is 77.9 cm³/mol. The van der Waals surface area contributed by atoms with Crippen LogP contribution in [0.15, 0.2) is 12.1 Å². The van der Waals surface area contributed by atoms with E-state index in [9.17, 15) is 4.79 Å². The van der Waals surface area contributed by atoms with Gasteiger partial charge in [-0.1, -0.05) is 24.9 Å². The van der Waals surface area contributed by atoms with Crippen LogP contribution in [0.2, 0.25) is 4.34 Å². The molecule has 2 N–H and O–H groups in total. The molecule has 1 amide bonds. The first-order valence-electron chi connectivity index (χ1n) is 6.34. The molecular weight excluding hydrogens is 268 g/mol. The summed E-state index contributed by atoms with van der Waals surface area (Å²) < 4.78 is 0.760. The van der Waals surface area contributed by atoms with E-state index in [2.05, 4.69) is 6.92 Å². The van der Waals surface area contributed by atoms with Crippen molar-refractivity contribution < 1.29 is 4.79 Å². The van der Waals surface area contributed by atoms with Gasteiger partial charge in [-0.2, -0.15) is 0 Å². The van der Waals surface area contributed by atoms with Crippen LogP contribution in [0.5, 0.6) is 0 Å². The van der Waals surface area contributed by atoms with E-state index in [4.69, 9.17) is 17.3 Å². The van der Waals surface area contributed by atoms with Gasteiger partial charge in [0.2, 0.25) is 5.91 Å². The van der Waals surface area contributed by atoms with Gasteiger partial charge in [-0.3, -0.25) is 4.79 Å². The molecule has 0 aliphatic rings. The number of thiophene rings is 1. The molecule has 0 spiro atoms. The number of hydrogen-bond donors (Lipinski definition) is 1. The zero-order valence-corrected chi connectivity index (χ0v) is 12.6. The number of nitrogens with two attached hydrogens (primary N) is 1. The summed E-state index contributed by atoms with van der Waals surface area (Å²) in [5.41, 5.74) is 5.91. The van der Waals surface area contributed by atoms with Gasteiger partial charge in [-0.05, 0) is 25.5 Å². The zero-order valence-electron chi connectivity index (χ0n) is 11.0. The summed E-state index contributed by atoms with van der Waals surface area (Å²) in [4.78, 5) is 15.0. The fourth-order valence-corrected chi connectivity index (χ4v) is 2.93. The Morgan fingerprint density at radius 1 is 1.50 bits per heavy atom. The highest BCUT2D eigenvalue weighted by Gasteiger charge is 2.16. The lowest BCUT2D eigenvalue weighted by molar-refractivity contribution is -0.131. The molecule has 1 heterocycles. The van der Waals surface area contributed by atoms with Gasteiger partial charge in [0, 0.05) is 23.9 Å². The average Bonchev–Trinajstić information content (AvgIpc) is 2.71. The molecule has 0 aliphatic carbocycles. The number of nitrogens with zero attached hydrogens (tertiary/aromatic N) is 1. The first kappa shape index (κ1) is 15.5. The molecule has 0 bridgehead atoms. The molecule has 1 atom stereocenters. The molecule has 5 heteroatoms. The maximum Gasteiger partial charge on any atom is 0.224 e. The van der Waals surface area contributed by atoms with Gasteiger partial charge >= 0.3 is 0 Å². The van der Waals surface area contributed by atoms with Crippen molar-refractivity contribution in [3.63, 3.8) is 0 Å². The number of carbonyl (C=O) groups excluding carboxylic acids is 1. The van der Waals surface area contributed by atoms with Crippen molar-refractivity contribution in [2.45, 2.75) is 45.7 Å². The van der Waals surface area contributed by atoms with Crippen LogP contribution in [0.4, 0.5) is 0 Å². The van der Waals surface area contributed by atoms with Gasteiger partial charge in [-0.25, -0.2) is 0 Å². The Morgan fingerprint density at radius 3 is 2.72 bits per heavy atom. The van der Waals surface area contributed by atoms with Crippen molar-refractivity contribution in [1.82, 2.24) is 4.90 Å². The Bertz CT molecular complexity index is 381.